The molecule has 0 amide bonds. The number of guanidine groups is 1. The summed E-state index contributed by atoms with van der Waals surface area (Å²) in [7, 11) is 5.21. The van der Waals surface area contributed by atoms with Crippen LogP contribution >= 0.6 is 35.6 Å². The number of aryl methyl sites for hydroxylation is 1. The lowest BCUT2D eigenvalue weighted by Crippen LogP contribution is -2.38. The highest BCUT2D eigenvalue weighted by Crippen LogP contribution is 2.22. The summed E-state index contributed by atoms with van der Waals surface area (Å²) in [6.45, 7) is 1.27. The minimum Gasteiger partial charge on any atom is -0.497 e. The van der Waals surface area contributed by atoms with E-state index in [1.54, 1.807) is 18.8 Å². The van der Waals surface area contributed by atoms with Crippen molar-refractivity contribution < 1.29 is 4.74 Å². The van der Waals surface area contributed by atoms with Crippen molar-refractivity contribution in [1.82, 2.24) is 25.4 Å². The van der Waals surface area contributed by atoms with Crippen LogP contribution in [0.1, 0.15) is 11.4 Å². The van der Waals surface area contributed by atoms with Gasteiger partial charge in [0.2, 0.25) is 0 Å². The Bertz CT molecular complexity index is 676. The Balaban J connectivity index is 0.00000288. The largest absolute Gasteiger partial charge is 0.497 e. The third-order valence-corrected chi connectivity index (χ3v) is 3.74. The highest BCUT2D eigenvalue weighted by molar-refractivity contribution is 14.0. The molecule has 0 aliphatic heterocycles. The molecule has 0 saturated heterocycles. The zero-order valence-corrected chi connectivity index (χ0v) is 17.0. The van der Waals surface area contributed by atoms with E-state index in [1.165, 1.54) is 6.33 Å². The molecule has 0 fully saturated rings. The molecule has 2 N–H and O–H groups in total. The Morgan fingerprint density at radius 2 is 2.17 bits per heavy atom. The molecule has 0 aliphatic rings. The van der Waals surface area contributed by atoms with Crippen LogP contribution in [0.4, 0.5) is 0 Å². The average molecular weight is 465 g/mol. The second-order valence-corrected chi connectivity index (χ2v) is 5.27. The summed E-state index contributed by atoms with van der Waals surface area (Å²) in [4.78, 5) is 8.34. The first-order valence-electron chi connectivity index (χ1n) is 7.24. The molecule has 1 aromatic heterocycles. The monoisotopic (exact) mass is 464 g/mol. The molecule has 0 radical (unpaired) electrons. The minimum atomic E-state index is 0. The van der Waals surface area contributed by atoms with E-state index in [-0.39, 0.29) is 24.0 Å². The molecule has 2 rings (SSSR count). The van der Waals surface area contributed by atoms with Gasteiger partial charge >= 0.3 is 0 Å². The molecule has 0 bridgehead atoms. The van der Waals surface area contributed by atoms with Crippen molar-refractivity contribution in [2.45, 2.75) is 13.0 Å². The van der Waals surface area contributed by atoms with Gasteiger partial charge < -0.3 is 15.4 Å². The summed E-state index contributed by atoms with van der Waals surface area (Å²) in [6.07, 6.45) is 2.31. The maximum Gasteiger partial charge on any atom is 0.191 e. The summed E-state index contributed by atoms with van der Waals surface area (Å²) < 4.78 is 6.86. The van der Waals surface area contributed by atoms with Crippen LogP contribution < -0.4 is 15.4 Å². The van der Waals surface area contributed by atoms with Gasteiger partial charge in [0.05, 0.1) is 13.7 Å². The Morgan fingerprint density at radius 1 is 1.38 bits per heavy atom. The zero-order valence-electron chi connectivity index (χ0n) is 13.9. The number of hydrogen-bond acceptors (Lipinski definition) is 4. The number of hydrogen-bond donors (Lipinski definition) is 2. The van der Waals surface area contributed by atoms with Crippen LogP contribution in [0.15, 0.2) is 29.5 Å². The van der Waals surface area contributed by atoms with Crippen LogP contribution in [0.5, 0.6) is 5.75 Å². The Hall–Kier alpha value is -1.55. The number of rotatable bonds is 6. The van der Waals surface area contributed by atoms with Crippen LogP contribution in [0.2, 0.25) is 5.02 Å². The first-order valence-corrected chi connectivity index (χ1v) is 7.61. The van der Waals surface area contributed by atoms with Crippen molar-refractivity contribution in [3.63, 3.8) is 0 Å². The number of benzene rings is 1. The number of nitrogens with one attached hydrogen (secondary N) is 2. The molecule has 0 atom stereocenters. The van der Waals surface area contributed by atoms with E-state index in [9.17, 15) is 0 Å². The van der Waals surface area contributed by atoms with E-state index in [0.29, 0.717) is 24.1 Å². The van der Waals surface area contributed by atoms with Gasteiger partial charge in [0, 0.05) is 25.7 Å². The highest BCUT2D eigenvalue weighted by Gasteiger charge is 2.05. The third-order valence-electron chi connectivity index (χ3n) is 3.39. The number of aromatic nitrogens is 3. The van der Waals surface area contributed by atoms with E-state index < -0.39 is 0 Å². The van der Waals surface area contributed by atoms with Crippen molar-refractivity contribution in [1.29, 1.82) is 0 Å². The number of aliphatic imine (C=N–C) groups is 1. The lowest BCUT2D eigenvalue weighted by Gasteiger charge is -2.12. The van der Waals surface area contributed by atoms with Crippen molar-refractivity contribution in [3.8, 4) is 5.75 Å². The summed E-state index contributed by atoms with van der Waals surface area (Å²) in [6, 6.07) is 5.69. The number of ether oxygens (including phenoxy) is 1. The smallest absolute Gasteiger partial charge is 0.191 e. The maximum absolute atomic E-state index is 6.23. The first-order chi connectivity index (χ1) is 11.1. The van der Waals surface area contributed by atoms with Gasteiger partial charge in [-0.2, -0.15) is 5.10 Å². The van der Waals surface area contributed by atoms with Crippen molar-refractivity contribution in [2.24, 2.45) is 12.0 Å². The van der Waals surface area contributed by atoms with Gasteiger partial charge in [-0.15, -0.1) is 24.0 Å². The summed E-state index contributed by atoms with van der Waals surface area (Å²) >= 11 is 6.23. The molecule has 132 valence electrons. The molecule has 1 aromatic carbocycles. The quantitative estimate of drug-likeness (QED) is 0.389. The Labute approximate surface area is 163 Å². The maximum atomic E-state index is 6.23. The normalized spacial score (nSPS) is 10.9. The summed E-state index contributed by atoms with van der Waals surface area (Å²) in [5, 5.41) is 11.2. The van der Waals surface area contributed by atoms with Crippen LogP contribution in [0.3, 0.4) is 0 Å². The number of nitrogens with zero attached hydrogens (tertiary/aromatic N) is 4. The molecule has 0 saturated carbocycles. The molecule has 0 unspecified atom stereocenters. The lowest BCUT2D eigenvalue weighted by atomic mass is 10.1. The van der Waals surface area contributed by atoms with Gasteiger partial charge in [0.15, 0.2) is 5.96 Å². The number of methoxy groups -OCH3 is 1. The average Bonchev–Trinajstić information content (AvgIpc) is 2.97. The summed E-state index contributed by atoms with van der Waals surface area (Å²) in [5.74, 6) is 2.30. The van der Waals surface area contributed by atoms with Crippen molar-refractivity contribution in [3.05, 3.63) is 40.9 Å². The third kappa shape index (κ3) is 5.82. The summed E-state index contributed by atoms with van der Waals surface area (Å²) in [5.41, 5.74) is 1.06. The fourth-order valence-electron chi connectivity index (χ4n) is 2.04. The SMILES string of the molecule is CN=C(NCCc1ccc(OC)cc1Cl)NCc1ncnn1C.I. The van der Waals surface area contributed by atoms with Crippen LogP contribution in [0.25, 0.3) is 0 Å². The van der Waals surface area contributed by atoms with E-state index in [4.69, 9.17) is 16.3 Å². The molecule has 24 heavy (non-hydrogen) atoms. The molecule has 0 aliphatic carbocycles. The van der Waals surface area contributed by atoms with Gasteiger partial charge in [-0.25, -0.2) is 4.98 Å². The first kappa shape index (κ1) is 20.5. The van der Waals surface area contributed by atoms with Gasteiger partial charge in [-0.3, -0.25) is 9.67 Å². The standard InChI is InChI=1S/C15H21ClN6O.HI/c1-17-15(19-9-14-20-10-21-22(14)2)18-7-6-11-4-5-12(23-3)8-13(11)16;/h4-5,8,10H,6-7,9H2,1-3H3,(H2,17,18,19);1H. The second kappa shape index (κ2) is 10.3. The molecular weight excluding hydrogens is 443 g/mol. The van der Waals surface area contributed by atoms with E-state index in [0.717, 1.165) is 23.6 Å². The number of halogens is 2. The van der Waals surface area contributed by atoms with Crippen molar-refractivity contribution in [2.75, 3.05) is 20.7 Å². The predicted molar refractivity (Wildman–Crippen MR) is 106 cm³/mol. The highest BCUT2D eigenvalue weighted by atomic mass is 127. The fourth-order valence-corrected chi connectivity index (χ4v) is 2.30. The van der Waals surface area contributed by atoms with Crippen LogP contribution in [-0.4, -0.2) is 41.4 Å². The topological polar surface area (TPSA) is 76.4 Å². The van der Waals surface area contributed by atoms with Crippen molar-refractivity contribution >= 4 is 41.5 Å². The van der Waals surface area contributed by atoms with E-state index in [1.807, 2.05) is 25.2 Å². The van der Waals surface area contributed by atoms with Crippen LogP contribution in [-0.2, 0) is 20.0 Å². The molecule has 1 heterocycles. The van der Waals surface area contributed by atoms with Crippen LogP contribution in [0, 0.1) is 0 Å². The molecular formula is C15H22ClIN6O. The molecule has 9 heteroatoms. The van der Waals surface area contributed by atoms with E-state index in [2.05, 4.69) is 25.7 Å². The molecule has 0 spiro atoms. The Kier molecular flexibility index (Phi) is 8.83. The van der Waals surface area contributed by atoms with Gasteiger partial charge in [-0.1, -0.05) is 17.7 Å². The molecule has 2 aromatic rings. The predicted octanol–water partition coefficient (Wildman–Crippen LogP) is 2.00. The minimum absolute atomic E-state index is 0. The fraction of sp³-hybridized carbons (Fsp3) is 0.400. The lowest BCUT2D eigenvalue weighted by molar-refractivity contribution is 0.414. The molecule has 7 nitrogen and oxygen atoms in total. The van der Waals surface area contributed by atoms with Gasteiger partial charge in [-0.05, 0) is 24.1 Å². The second-order valence-electron chi connectivity index (χ2n) is 4.86. The van der Waals surface area contributed by atoms with Gasteiger partial charge in [0.1, 0.15) is 17.9 Å². The zero-order chi connectivity index (χ0) is 16.7. The van der Waals surface area contributed by atoms with Gasteiger partial charge in [0.25, 0.3) is 0 Å². The Morgan fingerprint density at radius 3 is 2.75 bits per heavy atom. The van der Waals surface area contributed by atoms with E-state index >= 15 is 0 Å².